The van der Waals surface area contributed by atoms with Gasteiger partial charge in [-0.05, 0) is 12.1 Å². The number of hydrogen-bond donors (Lipinski definition) is 0. The smallest absolute Gasteiger partial charge is 0.373 e. The zero-order chi connectivity index (χ0) is 13.2. The average Bonchev–Trinajstić information content (AvgIpc) is 3.28. The lowest BCUT2D eigenvalue weighted by Gasteiger charge is -2.02. The van der Waals surface area contributed by atoms with Gasteiger partial charge in [-0.25, -0.2) is 0 Å². The van der Waals surface area contributed by atoms with Crippen molar-refractivity contribution in [1.29, 1.82) is 0 Å². The molecule has 0 fully saturated rings. The summed E-state index contributed by atoms with van der Waals surface area (Å²) >= 11 is -0.226. The lowest BCUT2D eigenvalue weighted by Crippen LogP contribution is -3.49. The molecule has 0 amide bonds. The van der Waals surface area contributed by atoms with Gasteiger partial charge in [-0.2, -0.15) is 0 Å². The van der Waals surface area contributed by atoms with Crippen molar-refractivity contribution in [2.45, 2.75) is 0 Å². The van der Waals surface area contributed by atoms with Gasteiger partial charge in [0.1, 0.15) is 5.75 Å². The van der Waals surface area contributed by atoms with Crippen LogP contribution in [0.4, 0.5) is 0 Å². The number of benzene rings is 2. The number of methoxy groups -OCH3 is 1. The Morgan fingerprint density at radius 1 is 1.00 bits per heavy atom. The van der Waals surface area contributed by atoms with Crippen LogP contribution >= 0.6 is 0 Å². The van der Waals surface area contributed by atoms with E-state index in [2.05, 4.69) is 12.1 Å². The quantitative estimate of drug-likeness (QED) is 0.579. The van der Waals surface area contributed by atoms with E-state index in [0.717, 1.165) is 3.58 Å². The second kappa shape index (κ2) is 5.17. The van der Waals surface area contributed by atoms with Crippen LogP contribution in [0.2, 0.25) is 0 Å². The first-order chi connectivity index (χ1) is 9.31. The van der Waals surface area contributed by atoms with E-state index in [4.69, 9.17) is 4.74 Å². The number of carbonyl (C=O) groups excluding carboxylic acids is 1. The summed E-state index contributed by atoms with van der Waals surface area (Å²) in [6.07, 6.45) is 0. The van der Waals surface area contributed by atoms with Crippen molar-refractivity contribution in [2.24, 2.45) is 0 Å². The lowest BCUT2D eigenvalue weighted by molar-refractivity contribution is -0.422. The van der Waals surface area contributed by atoms with Gasteiger partial charge in [0, 0.05) is 5.56 Å². The molecule has 0 aromatic heterocycles. The highest BCUT2D eigenvalue weighted by Crippen LogP contribution is 2.23. The Morgan fingerprint density at radius 3 is 2.42 bits per heavy atom. The van der Waals surface area contributed by atoms with Crippen LogP contribution in [0.1, 0.15) is 15.9 Å². The summed E-state index contributed by atoms with van der Waals surface area (Å²) in [6, 6.07) is 17.6. The third kappa shape index (κ3) is 2.42. The van der Waals surface area contributed by atoms with Crippen LogP contribution in [-0.4, -0.2) is 12.9 Å². The van der Waals surface area contributed by atoms with Crippen molar-refractivity contribution in [2.75, 3.05) is 7.11 Å². The molecule has 0 saturated carbocycles. The van der Waals surface area contributed by atoms with E-state index in [1.54, 1.807) is 7.11 Å². The average molecular weight is 363 g/mol. The molecule has 3 heteroatoms. The minimum atomic E-state index is -0.226. The standard InChI is InChI=1S/C16H12IO2/c1-19-13-10-6-5-9-12(13)16(18)15-14(17-15)11-7-3-2-4-8-11/h2-10H,1H3/q+1. The maximum Gasteiger partial charge on any atom is 0.373 e. The highest BCUT2D eigenvalue weighted by molar-refractivity contribution is 6.14. The molecule has 0 radical (unpaired) electrons. The van der Waals surface area contributed by atoms with Crippen LogP contribution in [0.5, 0.6) is 5.75 Å². The van der Waals surface area contributed by atoms with E-state index < -0.39 is 0 Å². The van der Waals surface area contributed by atoms with E-state index in [-0.39, 0.29) is 27.0 Å². The molecule has 2 aromatic carbocycles. The summed E-state index contributed by atoms with van der Waals surface area (Å²) < 4.78 is 7.52. The van der Waals surface area contributed by atoms with Gasteiger partial charge in [-0.1, -0.05) is 42.5 Å². The van der Waals surface area contributed by atoms with Crippen molar-refractivity contribution in [3.63, 3.8) is 0 Å². The molecule has 1 aliphatic rings. The van der Waals surface area contributed by atoms with Crippen molar-refractivity contribution in [3.8, 4) is 5.75 Å². The van der Waals surface area contributed by atoms with Crippen molar-refractivity contribution < 1.29 is 30.7 Å². The van der Waals surface area contributed by atoms with Gasteiger partial charge in [0.05, 0.1) is 12.7 Å². The van der Waals surface area contributed by atoms with Crippen LogP contribution in [-0.2, 0) is 0 Å². The molecule has 3 rings (SSSR count). The Bertz CT molecular complexity index is 659. The molecule has 19 heavy (non-hydrogen) atoms. The number of allylic oxidation sites excluding steroid dienone is 1. The summed E-state index contributed by atoms with van der Waals surface area (Å²) in [7, 11) is 1.60. The van der Waals surface area contributed by atoms with Crippen LogP contribution < -0.4 is 25.9 Å². The second-order valence-corrected chi connectivity index (χ2v) is 6.81. The zero-order valence-corrected chi connectivity index (χ0v) is 12.5. The fourth-order valence-corrected chi connectivity index (χ4v) is 4.10. The minimum Gasteiger partial charge on any atom is -0.496 e. The monoisotopic (exact) mass is 363 g/mol. The predicted molar refractivity (Wildman–Crippen MR) is 70.7 cm³/mol. The molecule has 0 saturated heterocycles. The molecule has 94 valence electrons. The topological polar surface area (TPSA) is 26.3 Å². The molecular formula is C16H12IO2+. The van der Waals surface area contributed by atoms with E-state index in [9.17, 15) is 4.79 Å². The van der Waals surface area contributed by atoms with Crippen molar-refractivity contribution in [3.05, 3.63) is 69.3 Å². The van der Waals surface area contributed by atoms with Crippen molar-refractivity contribution >= 4 is 9.36 Å². The van der Waals surface area contributed by atoms with Gasteiger partial charge < -0.3 is 4.74 Å². The third-order valence-electron chi connectivity index (χ3n) is 2.92. The number of halogens is 1. The summed E-state index contributed by atoms with van der Waals surface area (Å²) in [5, 5.41) is 0. The number of ether oxygens (including phenoxy) is 1. The molecule has 0 spiro atoms. The van der Waals surface area contributed by atoms with Crippen LogP contribution in [0, 0.1) is 0 Å². The predicted octanol–water partition coefficient (Wildman–Crippen LogP) is 0.349. The molecule has 0 atom stereocenters. The first-order valence-electron chi connectivity index (χ1n) is 5.93. The first kappa shape index (κ1) is 12.4. The van der Waals surface area contributed by atoms with Gasteiger partial charge in [0.2, 0.25) is 5.78 Å². The molecule has 0 bridgehead atoms. The second-order valence-electron chi connectivity index (χ2n) is 4.12. The van der Waals surface area contributed by atoms with Crippen LogP contribution in [0.25, 0.3) is 3.58 Å². The Morgan fingerprint density at radius 2 is 1.68 bits per heavy atom. The van der Waals surface area contributed by atoms with Crippen LogP contribution in [0.3, 0.4) is 0 Å². The number of carbonyl (C=O) groups is 1. The highest BCUT2D eigenvalue weighted by Gasteiger charge is 2.52. The molecule has 2 nitrogen and oxygen atoms in total. The molecule has 2 aromatic rings. The highest BCUT2D eigenvalue weighted by atomic mass is 127. The fourth-order valence-electron chi connectivity index (χ4n) is 1.93. The minimum absolute atomic E-state index is 0.129. The van der Waals surface area contributed by atoms with E-state index in [1.165, 1.54) is 9.14 Å². The Labute approximate surface area is 122 Å². The SMILES string of the molecule is COc1ccccc1C(=O)C1=C(c2ccccc2)[I+]1. The Kier molecular flexibility index (Phi) is 3.38. The number of ketones is 1. The normalized spacial score (nSPS) is 13.3. The number of para-hydroxylation sites is 1. The third-order valence-corrected chi connectivity index (χ3v) is 5.65. The lowest BCUT2D eigenvalue weighted by atomic mass is 10.1. The van der Waals surface area contributed by atoms with Gasteiger partial charge in [-0.3, -0.25) is 4.79 Å². The van der Waals surface area contributed by atoms with Crippen LogP contribution in [0.15, 0.2) is 58.2 Å². The largest absolute Gasteiger partial charge is 0.496 e. The molecule has 1 heterocycles. The van der Waals surface area contributed by atoms with E-state index >= 15 is 0 Å². The van der Waals surface area contributed by atoms with E-state index in [0.29, 0.717) is 11.3 Å². The molecule has 0 aliphatic carbocycles. The number of rotatable bonds is 4. The van der Waals surface area contributed by atoms with Gasteiger partial charge >= 0.3 is 21.2 Å². The summed E-state index contributed by atoms with van der Waals surface area (Å²) in [5.41, 5.74) is 1.86. The maximum atomic E-state index is 12.5. The van der Waals surface area contributed by atoms with Gasteiger partial charge in [-0.15, -0.1) is 0 Å². The molecule has 0 unspecified atom stereocenters. The summed E-state index contributed by atoms with van der Waals surface area (Å²) in [4.78, 5) is 12.5. The molecule has 0 N–H and O–H groups in total. The number of hydrogen-bond acceptors (Lipinski definition) is 2. The van der Waals surface area contributed by atoms with Crippen molar-refractivity contribution in [1.82, 2.24) is 0 Å². The fraction of sp³-hybridized carbons (Fsp3) is 0.0625. The maximum absolute atomic E-state index is 12.5. The Balaban J connectivity index is 1.93. The Hall–Kier alpha value is -1.62. The molecular weight excluding hydrogens is 351 g/mol. The van der Waals surface area contributed by atoms with Gasteiger partial charge in [0.15, 0.2) is 0 Å². The molecule has 1 aliphatic heterocycles. The number of Topliss-reactive ketones (excluding diaryl/α,β-unsaturated/α-hetero) is 1. The first-order valence-corrected chi connectivity index (χ1v) is 8.09. The summed E-state index contributed by atoms with van der Waals surface area (Å²) in [6.45, 7) is 0. The zero-order valence-electron chi connectivity index (χ0n) is 10.4. The van der Waals surface area contributed by atoms with Gasteiger partial charge in [0.25, 0.3) is 7.16 Å². The summed E-state index contributed by atoms with van der Waals surface area (Å²) in [5.74, 6) is 0.785. The van der Waals surface area contributed by atoms with E-state index in [1.807, 2.05) is 42.5 Å².